The summed E-state index contributed by atoms with van der Waals surface area (Å²) >= 11 is 0. The highest BCUT2D eigenvalue weighted by molar-refractivity contribution is 5.99. The quantitative estimate of drug-likeness (QED) is 0.183. The van der Waals surface area contributed by atoms with Gasteiger partial charge in [-0.05, 0) is 98.4 Å². The minimum atomic E-state index is 0.598. The van der Waals surface area contributed by atoms with E-state index in [1.807, 2.05) is 24.5 Å². The zero-order chi connectivity index (χ0) is 34.4. The van der Waals surface area contributed by atoms with E-state index in [0.717, 1.165) is 71.5 Å². The summed E-state index contributed by atoms with van der Waals surface area (Å²) in [5.41, 5.74) is 8.91. The molecule has 0 radical (unpaired) electrons. The van der Waals surface area contributed by atoms with Crippen molar-refractivity contribution < 1.29 is 0 Å². The molecule has 0 unspecified atom stereocenters. The molecule has 0 fully saturated rings. The molecule has 5 nitrogen and oxygen atoms in total. The number of rotatable bonds is 5. The van der Waals surface area contributed by atoms with Crippen LogP contribution in [-0.2, 0) is 0 Å². The van der Waals surface area contributed by atoms with Gasteiger partial charge in [0, 0.05) is 39.9 Å². The fourth-order valence-corrected chi connectivity index (χ4v) is 7.18. The Morgan fingerprint density at radius 3 is 1.19 bits per heavy atom. The van der Waals surface area contributed by atoms with E-state index in [1.54, 1.807) is 0 Å². The van der Waals surface area contributed by atoms with Crippen LogP contribution in [0.2, 0.25) is 0 Å². The first-order valence-corrected chi connectivity index (χ1v) is 17.3. The Kier molecular flexibility index (Phi) is 7.07. The average molecular weight is 664 g/mol. The first-order chi connectivity index (χ1) is 25.7. The molecule has 0 aliphatic rings. The lowest BCUT2D eigenvalue weighted by Gasteiger charge is -2.14. The second kappa shape index (κ2) is 12.3. The first kappa shape index (κ1) is 29.8. The van der Waals surface area contributed by atoms with Gasteiger partial charge in [0.05, 0.1) is 11.0 Å². The van der Waals surface area contributed by atoms with Crippen LogP contribution in [0.3, 0.4) is 0 Å². The van der Waals surface area contributed by atoms with Crippen molar-refractivity contribution in [3.63, 3.8) is 0 Å². The van der Waals surface area contributed by atoms with Gasteiger partial charge in [-0.1, -0.05) is 109 Å². The molecule has 3 aromatic heterocycles. The van der Waals surface area contributed by atoms with Crippen molar-refractivity contribution in [2.24, 2.45) is 0 Å². The van der Waals surface area contributed by atoms with Crippen molar-refractivity contribution in [2.75, 3.05) is 0 Å². The lowest BCUT2D eigenvalue weighted by molar-refractivity contribution is 1.08. The van der Waals surface area contributed by atoms with Crippen LogP contribution < -0.4 is 0 Å². The van der Waals surface area contributed by atoms with Crippen LogP contribution in [-0.4, -0.2) is 24.9 Å². The molecule has 0 saturated heterocycles. The summed E-state index contributed by atoms with van der Waals surface area (Å²) in [5, 5.41) is 6.76. The number of aromatic nitrogens is 5. The van der Waals surface area contributed by atoms with E-state index in [-0.39, 0.29) is 0 Å². The molecule has 52 heavy (non-hydrogen) atoms. The Morgan fingerprint density at radius 2 is 0.692 bits per heavy atom. The number of para-hydroxylation sites is 2. The maximum atomic E-state index is 5.22. The third kappa shape index (κ3) is 5.32. The third-order valence-electron chi connectivity index (χ3n) is 9.76. The molecule has 10 rings (SSSR count). The number of hydrogen-bond acceptors (Lipinski definition) is 5. The number of benzene rings is 7. The van der Waals surface area contributed by atoms with Gasteiger partial charge in [0.15, 0.2) is 17.5 Å². The summed E-state index contributed by atoms with van der Waals surface area (Å²) in [6.45, 7) is 0. The van der Waals surface area contributed by atoms with E-state index >= 15 is 0 Å². The van der Waals surface area contributed by atoms with E-state index in [4.69, 9.17) is 15.0 Å². The van der Waals surface area contributed by atoms with Gasteiger partial charge < -0.3 is 0 Å². The maximum absolute atomic E-state index is 5.22. The Balaban J connectivity index is 1.24. The fourth-order valence-electron chi connectivity index (χ4n) is 7.18. The van der Waals surface area contributed by atoms with Crippen LogP contribution in [0.15, 0.2) is 176 Å². The zero-order valence-electron chi connectivity index (χ0n) is 28.0. The molecule has 0 atom stereocenters. The molecule has 0 aliphatic carbocycles. The van der Waals surface area contributed by atoms with Gasteiger partial charge in [-0.3, -0.25) is 9.97 Å². The van der Waals surface area contributed by atoms with Gasteiger partial charge in [-0.2, -0.15) is 0 Å². The number of nitrogens with zero attached hydrogens (tertiary/aromatic N) is 5. The van der Waals surface area contributed by atoms with Gasteiger partial charge in [-0.25, -0.2) is 15.0 Å². The molecular weight excluding hydrogens is 635 g/mol. The topological polar surface area (TPSA) is 64.5 Å². The zero-order valence-corrected chi connectivity index (χ0v) is 28.0. The van der Waals surface area contributed by atoms with Crippen molar-refractivity contribution in [3.8, 4) is 56.4 Å². The van der Waals surface area contributed by atoms with E-state index in [9.17, 15) is 0 Å². The molecule has 0 saturated carbocycles. The highest BCUT2D eigenvalue weighted by atomic mass is 15.0. The SMILES string of the molecule is c1ccc2cc(-c3nc(-c4cc(-c5ccnc6ccccc56)cc(-c5ccnc6ccccc56)c4)nc(-c4ccc5ccccc5c4)n3)ccc2c1. The predicted octanol–water partition coefficient (Wildman–Crippen LogP) is 11.6. The fraction of sp³-hybridized carbons (Fsp3) is 0. The molecule has 0 aliphatic heterocycles. The number of pyridine rings is 2. The minimum Gasteiger partial charge on any atom is -0.256 e. The van der Waals surface area contributed by atoms with Crippen LogP contribution in [0.4, 0.5) is 0 Å². The second-order valence-corrected chi connectivity index (χ2v) is 13.0. The molecule has 0 bridgehead atoms. The van der Waals surface area contributed by atoms with Crippen molar-refractivity contribution >= 4 is 43.4 Å². The second-order valence-electron chi connectivity index (χ2n) is 13.0. The lowest BCUT2D eigenvalue weighted by atomic mass is 9.93. The van der Waals surface area contributed by atoms with Gasteiger partial charge >= 0.3 is 0 Å². The van der Waals surface area contributed by atoms with E-state index < -0.39 is 0 Å². The predicted molar refractivity (Wildman–Crippen MR) is 213 cm³/mol. The van der Waals surface area contributed by atoms with E-state index in [1.165, 1.54) is 10.8 Å². The van der Waals surface area contributed by atoms with Crippen LogP contribution in [0.5, 0.6) is 0 Å². The van der Waals surface area contributed by atoms with Crippen molar-refractivity contribution in [1.82, 2.24) is 24.9 Å². The van der Waals surface area contributed by atoms with Gasteiger partial charge in [0.25, 0.3) is 0 Å². The van der Waals surface area contributed by atoms with Gasteiger partial charge in [0.1, 0.15) is 0 Å². The van der Waals surface area contributed by atoms with Crippen LogP contribution in [0.25, 0.3) is 99.8 Å². The maximum Gasteiger partial charge on any atom is 0.164 e. The summed E-state index contributed by atoms with van der Waals surface area (Å²) in [4.78, 5) is 24.9. The molecule has 5 heteroatoms. The highest BCUT2D eigenvalue weighted by Gasteiger charge is 2.17. The first-order valence-electron chi connectivity index (χ1n) is 17.3. The summed E-state index contributed by atoms with van der Waals surface area (Å²) in [6.07, 6.45) is 3.76. The monoisotopic (exact) mass is 663 g/mol. The van der Waals surface area contributed by atoms with Crippen molar-refractivity contribution in [3.05, 3.63) is 176 Å². The molecule has 3 heterocycles. The number of fused-ring (bicyclic) bond motifs is 4. The molecule has 10 aromatic rings. The summed E-state index contributed by atoms with van der Waals surface area (Å²) in [7, 11) is 0. The van der Waals surface area contributed by atoms with Crippen molar-refractivity contribution in [2.45, 2.75) is 0 Å². The summed E-state index contributed by atoms with van der Waals surface area (Å²) in [6, 6.07) is 56.9. The van der Waals surface area contributed by atoms with Gasteiger partial charge in [-0.15, -0.1) is 0 Å². The number of hydrogen-bond donors (Lipinski definition) is 0. The Bertz CT molecular complexity index is 2780. The molecule has 0 N–H and O–H groups in total. The van der Waals surface area contributed by atoms with Crippen LogP contribution in [0.1, 0.15) is 0 Å². The minimum absolute atomic E-state index is 0.598. The summed E-state index contributed by atoms with van der Waals surface area (Å²) in [5.74, 6) is 1.84. The molecule has 0 spiro atoms. The van der Waals surface area contributed by atoms with E-state index in [2.05, 4.69) is 162 Å². The standard InChI is InChI=1S/C47H29N5/c1-3-11-32-25-34(19-17-30(32)9-1)45-50-46(35-20-18-31-10-2-4-12-33(31)26-35)52-47(51-45)38-28-36(39-21-23-48-43-15-7-5-13-41(39)43)27-37(29-38)40-22-24-49-44-16-8-6-14-42(40)44/h1-29H. The Labute approximate surface area is 300 Å². The highest BCUT2D eigenvalue weighted by Crippen LogP contribution is 2.38. The van der Waals surface area contributed by atoms with Crippen molar-refractivity contribution in [1.29, 1.82) is 0 Å². The van der Waals surface area contributed by atoms with Crippen LogP contribution in [0, 0.1) is 0 Å². The molecular formula is C47H29N5. The summed E-state index contributed by atoms with van der Waals surface area (Å²) < 4.78 is 0. The molecule has 0 amide bonds. The Morgan fingerprint density at radius 1 is 0.288 bits per heavy atom. The smallest absolute Gasteiger partial charge is 0.164 e. The normalized spacial score (nSPS) is 11.5. The largest absolute Gasteiger partial charge is 0.256 e. The van der Waals surface area contributed by atoms with Crippen LogP contribution >= 0.6 is 0 Å². The molecule has 7 aromatic carbocycles. The Hall–Kier alpha value is -7.11. The average Bonchev–Trinajstić information content (AvgIpc) is 3.22. The van der Waals surface area contributed by atoms with E-state index in [0.29, 0.717) is 17.5 Å². The van der Waals surface area contributed by atoms with Gasteiger partial charge in [0.2, 0.25) is 0 Å². The molecule has 242 valence electrons. The third-order valence-corrected chi connectivity index (χ3v) is 9.76. The lowest BCUT2D eigenvalue weighted by Crippen LogP contribution is -2.01.